The molecule has 412 valence electrons. The van der Waals surface area contributed by atoms with Gasteiger partial charge in [-0.1, -0.05) is 50.1 Å². The van der Waals surface area contributed by atoms with Crippen molar-refractivity contribution >= 4 is 63.9 Å². The lowest BCUT2D eigenvalue weighted by Gasteiger charge is -2.31. The molecule has 8 rings (SSSR count). The molecule has 78 heavy (non-hydrogen) atoms. The molecule has 0 bridgehead atoms. The number of ether oxygens (including phenoxy) is 1. The van der Waals surface area contributed by atoms with Gasteiger partial charge in [0.15, 0.2) is 17.2 Å². The zero-order valence-electron chi connectivity index (χ0n) is 44.3. The third kappa shape index (κ3) is 12.5. The molecule has 2 aromatic heterocycles. The van der Waals surface area contributed by atoms with Gasteiger partial charge >= 0.3 is 5.97 Å². The van der Waals surface area contributed by atoms with Crippen molar-refractivity contribution in [3.63, 3.8) is 0 Å². The molecule has 0 spiro atoms. The van der Waals surface area contributed by atoms with Crippen LogP contribution >= 0.6 is 0 Å². The number of esters is 1. The van der Waals surface area contributed by atoms with Crippen molar-refractivity contribution in [2.24, 2.45) is 0 Å². The van der Waals surface area contributed by atoms with E-state index >= 15 is 4.39 Å². The number of nitrogens with one attached hydrogen (secondary N) is 4. The monoisotopic (exact) mass is 1070 g/mol. The molecular formula is C58H66FN7O12. The quantitative estimate of drug-likeness (QED) is 0.0285. The summed E-state index contributed by atoms with van der Waals surface area (Å²) in [5, 5.41) is 23.4. The van der Waals surface area contributed by atoms with Gasteiger partial charge < -0.3 is 35.7 Å². The molecule has 0 radical (unpaired) electrons. The van der Waals surface area contributed by atoms with E-state index in [1.54, 1.807) is 39.0 Å². The third-order valence-corrected chi connectivity index (χ3v) is 15.3. The van der Waals surface area contributed by atoms with Gasteiger partial charge in [0, 0.05) is 85.8 Å². The van der Waals surface area contributed by atoms with Crippen LogP contribution in [0, 0.1) is 12.7 Å². The number of fused-ring (bicyclic) bond motifs is 5. The van der Waals surface area contributed by atoms with Crippen LogP contribution in [-0.2, 0) is 79.5 Å². The number of ketones is 2. The summed E-state index contributed by atoms with van der Waals surface area (Å²) < 4.78 is 22.1. The highest BCUT2D eigenvalue weighted by molar-refractivity contribution is 6.15. The Labute approximate surface area is 450 Å². The van der Waals surface area contributed by atoms with E-state index in [1.807, 2.05) is 18.2 Å². The van der Waals surface area contributed by atoms with Gasteiger partial charge in [-0.25, -0.2) is 14.2 Å². The molecule has 4 aromatic rings. The van der Waals surface area contributed by atoms with E-state index in [2.05, 4.69) is 21.3 Å². The average molecular weight is 1070 g/mol. The van der Waals surface area contributed by atoms with Gasteiger partial charge in [0.2, 0.25) is 23.6 Å². The predicted molar refractivity (Wildman–Crippen MR) is 282 cm³/mol. The van der Waals surface area contributed by atoms with Gasteiger partial charge in [-0.15, -0.1) is 0 Å². The van der Waals surface area contributed by atoms with Crippen LogP contribution in [0.3, 0.4) is 0 Å². The second kappa shape index (κ2) is 24.7. The van der Waals surface area contributed by atoms with Crippen LogP contribution in [0.4, 0.5) is 4.39 Å². The number of hydrogen-bond acceptors (Lipinski definition) is 13. The Bertz CT molecular complexity index is 3190. The van der Waals surface area contributed by atoms with Crippen LogP contribution < -0.4 is 26.8 Å². The highest BCUT2D eigenvalue weighted by atomic mass is 19.1. The molecule has 5 heterocycles. The standard InChI is InChI=1S/C58H66FN7O12/c1-4-58(77)40-28-45-54-38(31-66(45)56(75)39(40)32-78-57(58)76)53-42(20-19-37-34(3)41(59)29-44(64-54)52(37)53)62-49(71)17-10-6-12-24-60-48(70)23-21-46(68)43(27-35-14-8-5-9-15-35)63-50(72)22-18-36(67)30-61-47(69)16-11-7-13-25-65-51(73)26-33(2)55(65)74/h5,8-9,14-15,26,28-29,42-43,77H,4,6-7,10-13,16-25,27,30-32H2,1-3H3,(H,60,70)(H,61,69)(H,62,71)(H,63,72)/t42-,43-,58-/m0/s1. The zero-order chi connectivity index (χ0) is 55.8. The van der Waals surface area contributed by atoms with Crippen LogP contribution in [-0.4, -0.2) is 98.2 Å². The molecule has 19 nitrogen and oxygen atoms in total. The van der Waals surface area contributed by atoms with E-state index in [9.17, 15) is 53.1 Å². The smallest absolute Gasteiger partial charge is 0.343 e. The molecule has 20 heteroatoms. The number of nitrogens with zero attached hydrogens (tertiary/aromatic N) is 3. The predicted octanol–water partition coefficient (Wildman–Crippen LogP) is 4.73. The van der Waals surface area contributed by atoms with Crippen LogP contribution in [0.15, 0.2) is 58.9 Å². The fraction of sp³-hybridized carbons (Fsp3) is 0.466. The SMILES string of the molecule is CC[C@@]1(O)C(=O)OCc2c1cc1n(c2=O)Cc2c-1nc1cc(F)c(C)c3c1c2[C@@H](NC(=O)CCCCCNC(=O)CCC(=O)[C@H](Cc1ccccc1)NC(=O)CCC(=O)CNC(=O)CCCCCN1C(=O)C=C(C)C1=O)CC3. The van der Waals surface area contributed by atoms with Gasteiger partial charge in [0.1, 0.15) is 12.4 Å². The Morgan fingerprint density at radius 1 is 0.833 bits per heavy atom. The Kier molecular flexibility index (Phi) is 17.9. The fourth-order valence-corrected chi connectivity index (χ4v) is 10.9. The second-order valence-corrected chi connectivity index (χ2v) is 20.7. The number of hydrogen-bond donors (Lipinski definition) is 5. The number of unbranched alkanes of at least 4 members (excludes halogenated alkanes) is 4. The number of amides is 6. The zero-order valence-corrected chi connectivity index (χ0v) is 44.3. The van der Waals surface area contributed by atoms with Crippen molar-refractivity contribution in [3.8, 4) is 11.4 Å². The molecular weight excluding hydrogens is 1010 g/mol. The van der Waals surface area contributed by atoms with Crippen molar-refractivity contribution in [3.05, 3.63) is 109 Å². The Balaban J connectivity index is 0.766. The molecule has 3 aliphatic heterocycles. The summed E-state index contributed by atoms with van der Waals surface area (Å²) >= 11 is 0. The average Bonchev–Trinajstić information content (AvgIpc) is 4.10. The summed E-state index contributed by atoms with van der Waals surface area (Å²) in [5.41, 5.74) is 3.01. The number of aliphatic hydroxyl groups is 1. The van der Waals surface area contributed by atoms with E-state index in [4.69, 9.17) is 9.72 Å². The Morgan fingerprint density at radius 2 is 1.55 bits per heavy atom. The number of aromatic nitrogens is 2. The molecule has 3 atom stereocenters. The first-order valence-electron chi connectivity index (χ1n) is 26.9. The molecule has 0 fully saturated rings. The molecule has 0 saturated carbocycles. The first-order chi connectivity index (χ1) is 37.4. The molecule has 6 amide bonds. The summed E-state index contributed by atoms with van der Waals surface area (Å²) in [6, 6.07) is 10.6. The number of rotatable bonds is 26. The first kappa shape index (κ1) is 56.5. The summed E-state index contributed by atoms with van der Waals surface area (Å²) in [6.07, 6.45) is 5.48. The number of carbonyl (C=O) groups excluding carboxylic acids is 9. The third-order valence-electron chi connectivity index (χ3n) is 15.3. The first-order valence-corrected chi connectivity index (χ1v) is 26.9. The van der Waals surface area contributed by atoms with Gasteiger partial charge in [0.25, 0.3) is 17.4 Å². The molecule has 2 aromatic carbocycles. The Hall–Kier alpha value is -7.74. The number of Topliss-reactive ketones (excluding diaryl/α,β-unsaturated/α-hetero) is 2. The number of cyclic esters (lactones) is 1. The lowest BCUT2D eigenvalue weighted by atomic mass is 9.81. The lowest BCUT2D eigenvalue weighted by molar-refractivity contribution is -0.172. The van der Waals surface area contributed by atoms with Gasteiger partial charge in [0.05, 0.1) is 47.6 Å². The van der Waals surface area contributed by atoms with E-state index in [1.165, 1.54) is 21.6 Å². The summed E-state index contributed by atoms with van der Waals surface area (Å²) in [4.78, 5) is 135. The maximum absolute atomic E-state index is 15.4. The topological polar surface area (TPSA) is 269 Å². The molecule has 5 N–H and O–H groups in total. The number of pyridine rings is 2. The maximum Gasteiger partial charge on any atom is 0.343 e. The van der Waals surface area contributed by atoms with Crippen molar-refractivity contribution in [1.82, 2.24) is 35.7 Å². The van der Waals surface area contributed by atoms with Gasteiger partial charge in [-0.3, -0.25) is 48.1 Å². The van der Waals surface area contributed by atoms with Crippen molar-refractivity contribution < 1.29 is 57.4 Å². The number of imide groups is 1. The largest absolute Gasteiger partial charge is 0.458 e. The van der Waals surface area contributed by atoms with E-state index in [-0.39, 0.29) is 130 Å². The molecule has 0 unspecified atom stereocenters. The van der Waals surface area contributed by atoms with Crippen LogP contribution in [0.25, 0.3) is 22.3 Å². The van der Waals surface area contributed by atoms with Gasteiger partial charge in [-0.2, -0.15) is 0 Å². The number of aryl methyl sites for hydroxylation is 1. The van der Waals surface area contributed by atoms with Crippen LogP contribution in [0.2, 0.25) is 0 Å². The molecule has 0 saturated heterocycles. The highest BCUT2D eigenvalue weighted by Gasteiger charge is 2.46. The van der Waals surface area contributed by atoms with Crippen LogP contribution in [0.5, 0.6) is 0 Å². The van der Waals surface area contributed by atoms with Crippen molar-refractivity contribution in [1.29, 1.82) is 0 Å². The van der Waals surface area contributed by atoms with Crippen molar-refractivity contribution in [2.45, 2.75) is 154 Å². The van der Waals surface area contributed by atoms with E-state index < -0.39 is 40.9 Å². The lowest BCUT2D eigenvalue weighted by Crippen LogP contribution is -2.44. The minimum Gasteiger partial charge on any atom is -0.458 e. The number of benzene rings is 2. The number of carbonyl (C=O) groups is 9. The Morgan fingerprint density at radius 3 is 2.28 bits per heavy atom. The maximum atomic E-state index is 15.4. The summed E-state index contributed by atoms with van der Waals surface area (Å²) in [6.45, 7) is 5.08. The highest BCUT2D eigenvalue weighted by Crippen LogP contribution is 2.46. The number of halogens is 1. The minimum atomic E-state index is -2.02. The van der Waals surface area contributed by atoms with E-state index in [0.29, 0.717) is 91.5 Å². The molecule has 1 aliphatic carbocycles. The fourth-order valence-electron chi connectivity index (χ4n) is 10.9. The normalized spacial score (nSPS) is 17.4. The molecule has 4 aliphatic rings. The minimum absolute atomic E-state index is 0.0205. The van der Waals surface area contributed by atoms with Crippen molar-refractivity contribution in [2.75, 3.05) is 19.6 Å². The summed E-state index contributed by atoms with van der Waals surface area (Å²) in [5.74, 6) is -4.04. The van der Waals surface area contributed by atoms with Gasteiger partial charge in [-0.05, 0) is 93.5 Å². The second-order valence-electron chi connectivity index (χ2n) is 20.7. The summed E-state index contributed by atoms with van der Waals surface area (Å²) in [7, 11) is 0. The van der Waals surface area contributed by atoms with E-state index in [0.717, 1.165) is 22.1 Å². The van der Waals surface area contributed by atoms with Crippen LogP contribution in [0.1, 0.15) is 149 Å².